The van der Waals surface area contributed by atoms with E-state index in [9.17, 15) is 4.79 Å². The Bertz CT molecular complexity index is 244. The molecule has 0 spiro atoms. The maximum absolute atomic E-state index is 10.6. The first kappa shape index (κ1) is 11.0. The highest BCUT2D eigenvalue weighted by Crippen LogP contribution is 2.13. The zero-order valence-corrected chi connectivity index (χ0v) is 8.75. The van der Waals surface area contributed by atoms with Crippen LogP contribution in [0.2, 0.25) is 0 Å². The summed E-state index contributed by atoms with van der Waals surface area (Å²) in [6.45, 7) is 2.28. The first-order valence-electron chi connectivity index (χ1n) is 5.23. The molecule has 0 saturated heterocycles. The lowest BCUT2D eigenvalue weighted by Crippen LogP contribution is -2.21. The molecule has 1 aliphatic heterocycles. The average Bonchev–Trinajstić information content (AvgIpc) is 2.07. The van der Waals surface area contributed by atoms with E-state index in [0.29, 0.717) is 0 Å². The van der Waals surface area contributed by atoms with Gasteiger partial charge in [0, 0.05) is 25.9 Å². The number of hydrogen-bond donors (Lipinski definition) is 1. The second-order valence-electron chi connectivity index (χ2n) is 3.60. The Morgan fingerprint density at radius 1 is 1.57 bits per heavy atom. The fourth-order valence-electron chi connectivity index (χ4n) is 1.47. The first-order valence-corrected chi connectivity index (χ1v) is 5.23. The van der Waals surface area contributed by atoms with Crippen molar-refractivity contribution in [3.05, 3.63) is 11.8 Å². The third kappa shape index (κ3) is 4.80. The van der Waals surface area contributed by atoms with Gasteiger partial charge in [0.2, 0.25) is 5.91 Å². The zero-order chi connectivity index (χ0) is 10.2. The number of rotatable bonds is 3. The van der Waals surface area contributed by atoms with Gasteiger partial charge < -0.3 is 5.32 Å². The van der Waals surface area contributed by atoms with Crippen LogP contribution in [-0.4, -0.2) is 18.7 Å². The smallest absolute Gasteiger partial charge is 0.216 e. The Labute approximate surface area is 85.3 Å². The molecule has 0 aliphatic carbocycles. The summed E-state index contributed by atoms with van der Waals surface area (Å²) in [5.74, 6) is 0.0416. The van der Waals surface area contributed by atoms with E-state index in [4.69, 9.17) is 0 Å². The van der Waals surface area contributed by atoms with Crippen LogP contribution in [0.25, 0.3) is 0 Å². The summed E-state index contributed by atoms with van der Waals surface area (Å²) in [5.41, 5.74) is 1.34. The molecule has 3 heteroatoms. The molecular weight excluding hydrogens is 176 g/mol. The average molecular weight is 194 g/mol. The molecule has 0 radical (unpaired) electrons. The van der Waals surface area contributed by atoms with Crippen molar-refractivity contribution < 1.29 is 4.79 Å². The standard InChI is InChI=1S/C11H18N2O/c1-10(14)13-8-6-11-5-3-2-4-7-12-9-11/h7,9H,2-6,8H2,1H3,(H,13,14)/b11-9+,12-7?. The van der Waals surface area contributed by atoms with E-state index in [-0.39, 0.29) is 5.91 Å². The molecule has 1 rings (SSSR count). The van der Waals surface area contributed by atoms with E-state index in [1.807, 2.05) is 12.4 Å². The SMILES string of the molecule is CC(=O)NCC/C1=C/N=CCCCC1. The number of aliphatic imine (C=N–C) groups is 1. The summed E-state index contributed by atoms with van der Waals surface area (Å²) in [7, 11) is 0. The van der Waals surface area contributed by atoms with Gasteiger partial charge in [-0.1, -0.05) is 5.57 Å². The highest BCUT2D eigenvalue weighted by Gasteiger charge is 2.00. The third-order valence-electron chi connectivity index (χ3n) is 2.26. The summed E-state index contributed by atoms with van der Waals surface area (Å²) < 4.78 is 0. The van der Waals surface area contributed by atoms with Gasteiger partial charge in [-0.15, -0.1) is 0 Å². The third-order valence-corrected chi connectivity index (χ3v) is 2.26. The fourth-order valence-corrected chi connectivity index (χ4v) is 1.47. The van der Waals surface area contributed by atoms with Crippen LogP contribution in [-0.2, 0) is 4.79 Å². The molecule has 0 aromatic carbocycles. The van der Waals surface area contributed by atoms with Crippen molar-refractivity contribution in [2.24, 2.45) is 4.99 Å². The van der Waals surface area contributed by atoms with Crippen LogP contribution in [0.4, 0.5) is 0 Å². The van der Waals surface area contributed by atoms with Crippen molar-refractivity contribution in [3.63, 3.8) is 0 Å². The van der Waals surface area contributed by atoms with Gasteiger partial charge >= 0.3 is 0 Å². The summed E-state index contributed by atoms with van der Waals surface area (Å²) in [5, 5.41) is 2.80. The summed E-state index contributed by atoms with van der Waals surface area (Å²) >= 11 is 0. The van der Waals surface area contributed by atoms with Crippen molar-refractivity contribution in [1.29, 1.82) is 0 Å². The number of hydrogen-bond acceptors (Lipinski definition) is 2. The van der Waals surface area contributed by atoms with Crippen molar-refractivity contribution >= 4 is 12.1 Å². The molecule has 14 heavy (non-hydrogen) atoms. The molecule has 1 N–H and O–H groups in total. The number of nitrogens with zero attached hydrogens (tertiary/aromatic N) is 1. The van der Waals surface area contributed by atoms with Crippen LogP contribution in [0.5, 0.6) is 0 Å². The van der Waals surface area contributed by atoms with Crippen molar-refractivity contribution in [3.8, 4) is 0 Å². The van der Waals surface area contributed by atoms with Gasteiger partial charge in [0.1, 0.15) is 0 Å². The van der Waals surface area contributed by atoms with E-state index < -0.39 is 0 Å². The molecule has 0 aromatic rings. The Hall–Kier alpha value is -1.12. The van der Waals surface area contributed by atoms with Gasteiger partial charge in [0.05, 0.1) is 0 Å². The predicted molar refractivity (Wildman–Crippen MR) is 58.3 cm³/mol. The van der Waals surface area contributed by atoms with E-state index in [0.717, 1.165) is 25.8 Å². The van der Waals surface area contributed by atoms with Gasteiger partial charge in [-0.25, -0.2) is 0 Å². The molecule has 1 amide bonds. The number of nitrogens with one attached hydrogen (secondary N) is 1. The van der Waals surface area contributed by atoms with Gasteiger partial charge in [0.15, 0.2) is 0 Å². The molecule has 3 nitrogen and oxygen atoms in total. The van der Waals surface area contributed by atoms with E-state index >= 15 is 0 Å². The van der Waals surface area contributed by atoms with Crippen LogP contribution in [0.15, 0.2) is 16.8 Å². The van der Waals surface area contributed by atoms with Crippen molar-refractivity contribution in [2.75, 3.05) is 6.54 Å². The van der Waals surface area contributed by atoms with Gasteiger partial charge in [-0.3, -0.25) is 9.79 Å². The molecular formula is C11H18N2O. The topological polar surface area (TPSA) is 41.5 Å². The quantitative estimate of drug-likeness (QED) is 0.734. The molecule has 0 atom stereocenters. The lowest BCUT2D eigenvalue weighted by molar-refractivity contribution is -0.118. The van der Waals surface area contributed by atoms with Crippen LogP contribution in [0.3, 0.4) is 0 Å². The normalized spacial score (nSPS) is 20.5. The predicted octanol–water partition coefficient (Wildman–Crippen LogP) is 2.04. The minimum atomic E-state index is 0.0416. The maximum atomic E-state index is 10.6. The van der Waals surface area contributed by atoms with Crippen LogP contribution >= 0.6 is 0 Å². The van der Waals surface area contributed by atoms with Gasteiger partial charge in [-0.05, 0) is 32.1 Å². The molecule has 1 aliphatic rings. The maximum Gasteiger partial charge on any atom is 0.216 e. The Morgan fingerprint density at radius 3 is 3.21 bits per heavy atom. The second kappa shape index (κ2) is 6.35. The molecule has 78 valence electrons. The summed E-state index contributed by atoms with van der Waals surface area (Å²) in [6, 6.07) is 0. The number of carbonyl (C=O) groups is 1. The number of amides is 1. The monoisotopic (exact) mass is 194 g/mol. The minimum absolute atomic E-state index is 0.0416. The first-order chi connectivity index (χ1) is 6.79. The molecule has 0 unspecified atom stereocenters. The van der Waals surface area contributed by atoms with Crippen LogP contribution in [0.1, 0.15) is 39.0 Å². The molecule has 0 bridgehead atoms. The zero-order valence-electron chi connectivity index (χ0n) is 8.75. The Kier molecular flexibility index (Phi) is 4.97. The largest absolute Gasteiger partial charge is 0.356 e. The molecule has 1 heterocycles. The summed E-state index contributed by atoms with van der Waals surface area (Å²) in [4.78, 5) is 14.9. The molecule has 0 aromatic heterocycles. The van der Waals surface area contributed by atoms with Crippen molar-refractivity contribution in [2.45, 2.75) is 39.0 Å². The van der Waals surface area contributed by atoms with E-state index in [1.165, 1.54) is 18.4 Å². The lowest BCUT2D eigenvalue weighted by Gasteiger charge is -2.08. The van der Waals surface area contributed by atoms with Crippen molar-refractivity contribution in [1.82, 2.24) is 5.32 Å². The van der Waals surface area contributed by atoms with Gasteiger partial charge in [-0.2, -0.15) is 0 Å². The molecule has 0 saturated carbocycles. The van der Waals surface area contributed by atoms with E-state index in [1.54, 1.807) is 6.92 Å². The minimum Gasteiger partial charge on any atom is -0.356 e. The number of carbonyl (C=O) groups excluding carboxylic acids is 1. The highest BCUT2D eigenvalue weighted by molar-refractivity contribution is 5.72. The Morgan fingerprint density at radius 2 is 2.43 bits per heavy atom. The van der Waals surface area contributed by atoms with Gasteiger partial charge in [0.25, 0.3) is 0 Å². The van der Waals surface area contributed by atoms with E-state index in [2.05, 4.69) is 10.3 Å². The lowest BCUT2D eigenvalue weighted by atomic mass is 10.0. The Balaban J connectivity index is 2.29. The molecule has 0 fully saturated rings. The second-order valence-corrected chi connectivity index (χ2v) is 3.60. The summed E-state index contributed by atoms with van der Waals surface area (Å²) in [6.07, 6.45) is 9.51. The van der Waals surface area contributed by atoms with Crippen LogP contribution < -0.4 is 5.32 Å². The fraction of sp³-hybridized carbons (Fsp3) is 0.636. The highest BCUT2D eigenvalue weighted by atomic mass is 16.1. The van der Waals surface area contributed by atoms with Crippen LogP contribution in [0, 0.1) is 0 Å².